The normalized spacial score (nSPS) is 16.9. The van der Waals surface area contributed by atoms with Gasteiger partial charge >= 0.3 is 6.18 Å². The molecule has 0 aromatic heterocycles. The van der Waals surface area contributed by atoms with Crippen molar-refractivity contribution in [2.24, 2.45) is 5.73 Å². The highest BCUT2D eigenvalue weighted by atomic mass is 19.4. The van der Waals surface area contributed by atoms with Crippen LogP contribution in [-0.4, -0.2) is 11.9 Å². The van der Waals surface area contributed by atoms with Gasteiger partial charge in [-0.25, -0.2) is 0 Å². The van der Waals surface area contributed by atoms with E-state index in [-0.39, 0.29) is 17.3 Å². The molecule has 1 fully saturated rings. The molecule has 0 saturated heterocycles. The van der Waals surface area contributed by atoms with Crippen molar-refractivity contribution in [3.63, 3.8) is 0 Å². The lowest BCUT2D eigenvalue weighted by Gasteiger charge is -2.25. The molecular formula is C14H17F3N2O. The van der Waals surface area contributed by atoms with Gasteiger partial charge in [-0.2, -0.15) is 13.2 Å². The minimum atomic E-state index is -4.43. The van der Waals surface area contributed by atoms with E-state index in [1.807, 2.05) is 0 Å². The zero-order chi connectivity index (χ0) is 14.8. The van der Waals surface area contributed by atoms with E-state index in [4.69, 9.17) is 5.73 Å². The molecule has 1 aliphatic rings. The average Bonchev–Trinajstić information content (AvgIpc) is 2.38. The molecule has 3 N–H and O–H groups in total. The fraction of sp³-hybridized carbons (Fsp3) is 0.500. The van der Waals surface area contributed by atoms with Crippen LogP contribution >= 0.6 is 0 Å². The Balaban J connectivity index is 2.29. The Labute approximate surface area is 115 Å². The number of hydrogen-bond acceptors (Lipinski definition) is 2. The van der Waals surface area contributed by atoms with Crippen molar-refractivity contribution < 1.29 is 18.0 Å². The van der Waals surface area contributed by atoms with Crippen molar-refractivity contribution in [3.8, 4) is 0 Å². The molecule has 0 unspecified atom stereocenters. The number of anilines is 1. The van der Waals surface area contributed by atoms with Crippen LogP contribution in [0.1, 0.15) is 48.0 Å². The second-order valence-electron chi connectivity index (χ2n) is 5.10. The standard InChI is InChI=1S/C14H17F3N2O/c15-14(16,17)9-6-7-11(13(18)20)12(8-9)19-10-4-2-1-3-5-10/h6-8,10,19H,1-5H2,(H2,18,20). The maximum atomic E-state index is 12.7. The van der Waals surface area contributed by atoms with E-state index in [0.717, 1.165) is 50.3 Å². The second kappa shape index (κ2) is 5.73. The van der Waals surface area contributed by atoms with Crippen LogP contribution in [0.4, 0.5) is 18.9 Å². The van der Waals surface area contributed by atoms with E-state index < -0.39 is 17.6 Å². The number of benzene rings is 1. The van der Waals surface area contributed by atoms with Crippen molar-refractivity contribution >= 4 is 11.6 Å². The summed E-state index contributed by atoms with van der Waals surface area (Å²) >= 11 is 0. The lowest BCUT2D eigenvalue weighted by Crippen LogP contribution is -2.25. The lowest BCUT2D eigenvalue weighted by molar-refractivity contribution is -0.137. The highest BCUT2D eigenvalue weighted by Crippen LogP contribution is 2.33. The number of hydrogen-bond donors (Lipinski definition) is 2. The highest BCUT2D eigenvalue weighted by molar-refractivity contribution is 5.98. The van der Waals surface area contributed by atoms with Gasteiger partial charge in [-0.3, -0.25) is 4.79 Å². The summed E-state index contributed by atoms with van der Waals surface area (Å²) in [7, 11) is 0. The van der Waals surface area contributed by atoms with Crippen LogP contribution in [0.2, 0.25) is 0 Å². The zero-order valence-corrected chi connectivity index (χ0v) is 11.0. The summed E-state index contributed by atoms with van der Waals surface area (Å²) in [6, 6.07) is 3.09. The summed E-state index contributed by atoms with van der Waals surface area (Å²) in [4.78, 5) is 11.3. The number of halogens is 3. The predicted molar refractivity (Wildman–Crippen MR) is 70.5 cm³/mol. The Kier molecular flexibility index (Phi) is 4.20. The first kappa shape index (κ1) is 14.7. The topological polar surface area (TPSA) is 55.1 Å². The van der Waals surface area contributed by atoms with Gasteiger partial charge < -0.3 is 11.1 Å². The van der Waals surface area contributed by atoms with Crippen LogP contribution in [0.15, 0.2) is 18.2 Å². The third-order valence-corrected chi connectivity index (χ3v) is 3.58. The molecule has 1 saturated carbocycles. The van der Waals surface area contributed by atoms with Gasteiger partial charge in [0.15, 0.2) is 0 Å². The van der Waals surface area contributed by atoms with Gasteiger partial charge in [0.2, 0.25) is 0 Å². The van der Waals surface area contributed by atoms with E-state index in [2.05, 4.69) is 5.32 Å². The van der Waals surface area contributed by atoms with Gasteiger partial charge in [0, 0.05) is 11.7 Å². The maximum Gasteiger partial charge on any atom is 0.416 e. The highest BCUT2D eigenvalue weighted by Gasteiger charge is 2.31. The van der Waals surface area contributed by atoms with E-state index in [1.165, 1.54) is 0 Å². The van der Waals surface area contributed by atoms with Crippen molar-refractivity contribution in [2.75, 3.05) is 5.32 Å². The summed E-state index contributed by atoms with van der Waals surface area (Å²) in [5.41, 5.74) is 4.72. The fourth-order valence-electron chi connectivity index (χ4n) is 2.52. The fourth-order valence-corrected chi connectivity index (χ4v) is 2.52. The molecule has 0 spiro atoms. The number of carbonyl (C=O) groups excluding carboxylic acids is 1. The van der Waals surface area contributed by atoms with Crippen LogP contribution in [0.3, 0.4) is 0 Å². The minimum Gasteiger partial charge on any atom is -0.382 e. The van der Waals surface area contributed by atoms with Crippen LogP contribution in [0.25, 0.3) is 0 Å². The van der Waals surface area contributed by atoms with Gasteiger partial charge in [-0.15, -0.1) is 0 Å². The SMILES string of the molecule is NC(=O)c1ccc(C(F)(F)F)cc1NC1CCCCC1. The number of alkyl halides is 3. The summed E-state index contributed by atoms with van der Waals surface area (Å²) in [6.45, 7) is 0. The molecule has 0 aliphatic heterocycles. The zero-order valence-electron chi connectivity index (χ0n) is 11.0. The number of rotatable bonds is 3. The minimum absolute atomic E-state index is 0.101. The van der Waals surface area contributed by atoms with E-state index in [9.17, 15) is 18.0 Å². The smallest absolute Gasteiger partial charge is 0.382 e. The molecule has 6 heteroatoms. The van der Waals surface area contributed by atoms with Crippen molar-refractivity contribution in [2.45, 2.75) is 44.3 Å². The third-order valence-electron chi connectivity index (χ3n) is 3.58. The molecule has 0 atom stereocenters. The number of amides is 1. The van der Waals surface area contributed by atoms with Gasteiger partial charge in [-0.1, -0.05) is 19.3 Å². The molecule has 2 rings (SSSR count). The lowest BCUT2D eigenvalue weighted by atomic mass is 9.95. The molecule has 3 nitrogen and oxygen atoms in total. The first-order chi connectivity index (χ1) is 9.38. The quantitative estimate of drug-likeness (QED) is 0.892. The molecule has 0 bridgehead atoms. The van der Waals surface area contributed by atoms with Gasteiger partial charge in [0.1, 0.15) is 0 Å². The Morgan fingerprint density at radius 1 is 1.20 bits per heavy atom. The van der Waals surface area contributed by atoms with Crippen molar-refractivity contribution in [3.05, 3.63) is 29.3 Å². The summed E-state index contributed by atoms with van der Waals surface area (Å²) in [5.74, 6) is -0.725. The average molecular weight is 286 g/mol. The summed E-state index contributed by atoms with van der Waals surface area (Å²) in [5, 5.41) is 3.04. The van der Waals surface area contributed by atoms with Crippen LogP contribution < -0.4 is 11.1 Å². The van der Waals surface area contributed by atoms with Crippen LogP contribution in [0.5, 0.6) is 0 Å². The Bertz CT molecular complexity index is 494. The van der Waals surface area contributed by atoms with Crippen molar-refractivity contribution in [1.82, 2.24) is 0 Å². The molecule has 1 amide bonds. The molecule has 1 aliphatic carbocycles. The molecule has 20 heavy (non-hydrogen) atoms. The molecule has 1 aromatic carbocycles. The Morgan fingerprint density at radius 2 is 1.85 bits per heavy atom. The molecule has 0 heterocycles. The Hall–Kier alpha value is -1.72. The molecule has 0 radical (unpaired) electrons. The van der Waals surface area contributed by atoms with E-state index in [1.54, 1.807) is 0 Å². The number of carbonyl (C=O) groups is 1. The van der Waals surface area contributed by atoms with Gasteiger partial charge in [0.25, 0.3) is 5.91 Å². The van der Waals surface area contributed by atoms with Crippen molar-refractivity contribution in [1.29, 1.82) is 0 Å². The second-order valence-corrected chi connectivity index (χ2v) is 5.10. The number of nitrogens with two attached hydrogens (primary N) is 1. The first-order valence-corrected chi connectivity index (χ1v) is 6.65. The first-order valence-electron chi connectivity index (χ1n) is 6.65. The predicted octanol–water partition coefficient (Wildman–Crippen LogP) is 3.55. The van der Waals surface area contributed by atoms with Crippen LogP contribution in [0, 0.1) is 0 Å². The number of primary amides is 1. The number of nitrogens with one attached hydrogen (secondary N) is 1. The van der Waals surface area contributed by atoms with E-state index in [0.29, 0.717) is 0 Å². The molecular weight excluding hydrogens is 269 g/mol. The summed E-state index contributed by atoms with van der Waals surface area (Å²) < 4.78 is 38.2. The van der Waals surface area contributed by atoms with Gasteiger partial charge in [-0.05, 0) is 31.0 Å². The van der Waals surface area contributed by atoms with E-state index >= 15 is 0 Å². The molecule has 110 valence electrons. The summed E-state index contributed by atoms with van der Waals surface area (Å²) in [6.07, 6.45) is 0.594. The maximum absolute atomic E-state index is 12.7. The largest absolute Gasteiger partial charge is 0.416 e. The van der Waals surface area contributed by atoms with Gasteiger partial charge in [0.05, 0.1) is 11.1 Å². The monoisotopic (exact) mass is 286 g/mol. The third kappa shape index (κ3) is 3.43. The van der Waals surface area contributed by atoms with Crippen LogP contribution in [-0.2, 0) is 6.18 Å². The Morgan fingerprint density at radius 3 is 2.40 bits per heavy atom. The molecule has 1 aromatic rings.